The van der Waals surface area contributed by atoms with Crippen LogP contribution < -0.4 is 5.32 Å². The molecule has 5 rings (SSSR count). The Morgan fingerprint density at radius 2 is 1.84 bits per heavy atom. The zero-order valence-corrected chi connectivity index (χ0v) is 17.3. The second-order valence-corrected chi connectivity index (χ2v) is 7.37. The number of rotatable bonds is 7. The molecule has 1 aromatic carbocycles. The van der Waals surface area contributed by atoms with E-state index < -0.39 is 0 Å². The lowest BCUT2D eigenvalue weighted by atomic mass is 10.1. The number of amides is 1. The molecule has 5 aromatic rings. The third kappa shape index (κ3) is 4.11. The van der Waals surface area contributed by atoms with Crippen LogP contribution in [0.5, 0.6) is 0 Å². The van der Waals surface area contributed by atoms with E-state index in [9.17, 15) is 4.79 Å². The zero-order valence-electron chi connectivity index (χ0n) is 17.3. The molecule has 0 aliphatic carbocycles. The summed E-state index contributed by atoms with van der Waals surface area (Å²) >= 11 is 0. The van der Waals surface area contributed by atoms with Crippen molar-refractivity contribution in [2.75, 3.05) is 6.54 Å². The number of hydrogen-bond donors (Lipinski definition) is 1. The summed E-state index contributed by atoms with van der Waals surface area (Å²) in [5.41, 5.74) is 3.82. The molecule has 158 valence electrons. The van der Waals surface area contributed by atoms with Gasteiger partial charge in [-0.25, -0.2) is 0 Å². The Labute approximate surface area is 184 Å². The van der Waals surface area contributed by atoms with Gasteiger partial charge < -0.3 is 5.32 Å². The van der Waals surface area contributed by atoms with Crippen molar-refractivity contribution in [1.29, 1.82) is 0 Å². The van der Waals surface area contributed by atoms with Crippen LogP contribution in [0.2, 0.25) is 0 Å². The highest BCUT2D eigenvalue weighted by atomic mass is 16.1. The molecule has 0 radical (unpaired) electrons. The molecule has 8 nitrogen and oxygen atoms in total. The van der Waals surface area contributed by atoms with Crippen LogP contribution in [-0.2, 0) is 13.0 Å². The number of fused-ring (bicyclic) bond motifs is 1. The Balaban J connectivity index is 1.35. The average Bonchev–Trinajstić information content (AvgIpc) is 3.45. The molecule has 0 fully saturated rings. The first-order chi connectivity index (χ1) is 15.8. The number of aromatic nitrogens is 6. The van der Waals surface area contributed by atoms with Crippen LogP contribution in [0.1, 0.15) is 21.7 Å². The molecule has 32 heavy (non-hydrogen) atoms. The number of carbonyl (C=O) groups excluding carboxylic acids is 1. The molecule has 0 saturated carbocycles. The molecule has 1 amide bonds. The topological polar surface area (TPSA) is 90.0 Å². The first kappa shape index (κ1) is 19.6. The molecule has 0 saturated heterocycles. The van der Waals surface area contributed by atoms with Gasteiger partial charge in [-0.15, -0.1) is 10.2 Å². The van der Waals surface area contributed by atoms with Gasteiger partial charge >= 0.3 is 0 Å². The fourth-order valence-electron chi connectivity index (χ4n) is 3.60. The SMILES string of the molecule is O=C(NCCc1nnc2ccccn12)c1cn(Cc2ccccc2)nc1-c1cccnc1. The van der Waals surface area contributed by atoms with Gasteiger partial charge in [0, 0.05) is 43.3 Å². The van der Waals surface area contributed by atoms with Gasteiger partial charge in [-0.2, -0.15) is 5.10 Å². The summed E-state index contributed by atoms with van der Waals surface area (Å²) in [5, 5.41) is 16.1. The van der Waals surface area contributed by atoms with Crippen molar-refractivity contribution >= 4 is 11.6 Å². The smallest absolute Gasteiger partial charge is 0.255 e. The molecule has 0 spiro atoms. The first-order valence-electron chi connectivity index (χ1n) is 10.4. The van der Waals surface area contributed by atoms with E-state index >= 15 is 0 Å². The number of benzene rings is 1. The minimum Gasteiger partial charge on any atom is -0.351 e. The molecular weight excluding hydrogens is 402 g/mol. The largest absolute Gasteiger partial charge is 0.351 e. The summed E-state index contributed by atoms with van der Waals surface area (Å²) in [6.07, 6.45) is 7.69. The number of nitrogens with one attached hydrogen (secondary N) is 1. The summed E-state index contributed by atoms with van der Waals surface area (Å²) in [4.78, 5) is 17.2. The molecule has 0 aliphatic rings. The molecule has 0 aliphatic heterocycles. The standard InChI is InChI=1S/C24H21N7O/c32-24(26-13-11-22-28-27-21-10-4-5-14-31(21)22)20-17-30(16-18-7-2-1-3-8-18)29-23(20)19-9-6-12-25-15-19/h1-10,12,14-15,17H,11,13,16H2,(H,26,32). The Hall–Kier alpha value is -4.33. The van der Waals surface area contributed by atoms with Gasteiger partial charge in [0.05, 0.1) is 12.1 Å². The maximum atomic E-state index is 13.1. The lowest BCUT2D eigenvalue weighted by Gasteiger charge is -2.05. The highest BCUT2D eigenvalue weighted by Gasteiger charge is 2.18. The van der Waals surface area contributed by atoms with Gasteiger partial charge in [0.15, 0.2) is 5.65 Å². The summed E-state index contributed by atoms with van der Waals surface area (Å²) in [7, 11) is 0. The zero-order chi connectivity index (χ0) is 21.8. The average molecular weight is 423 g/mol. The molecule has 8 heteroatoms. The summed E-state index contributed by atoms with van der Waals surface area (Å²) in [5.74, 6) is 0.616. The van der Waals surface area contributed by atoms with Crippen LogP contribution in [0, 0.1) is 0 Å². The molecule has 0 unspecified atom stereocenters. The number of pyridine rings is 2. The van der Waals surface area contributed by atoms with E-state index in [1.54, 1.807) is 23.3 Å². The van der Waals surface area contributed by atoms with Crippen molar-refractivity contribution in [3.63, 3.8) is 0 Å². The van der Waals surface area contributed by atoms with E-state index in [2.05, 4.69) is 25.6 Å². The van der Waals surface area contributed by atoms with E-state index in [4.69, 9.17) is 0 Å². The molecule has 4 aromatic heterocycles. The van der Waals surface area contributed by atoms with E-state index in [0.29, 0.717) is 30.8 Å². The molecule has 4 heterocycles. The van der Waals surface area contributed by atoms with Crippen LogP contribution >= 0.6 is 0 Å². The molecule has 0 bridgehead atoms. The van der Waals surface area contributed by atoms with Crippen molar-refractivity contribution in [1.82, 2.24) is 34.7 Å². The van der Waals surface area contributed by atoms with Gasteiger partial charge in [-0.3, -0.25) is 18.9 Å². The van der Waals surface area contributed by atoms with Gasteiger partial charge in [-0.1, -0.05) is 36.4 Å². The van der Waals surface area contributed by atoms with Crippen molar-refractivity contribution in [2.24, 2.45) is 0 Å². The van der Waals surface area contributed by atoms with Gasteiger partial charge in [0.2, 0.25) is 0 Å². The van der Waals surface area contributed by atoms with E-state index in [1.165, 1.54) is 0 Å². The number of hydrogen-bond acceptors (Lipinski definition) is 5. The maximum absolute atomic E-state index is 13.1. The molecule has 1 N–H and O–H groups in total. The van der Waals surface area contributed by atoms with Gasteiger partial charge in [-0.05, 0) is 29.8 Å². The van der Waals surface area contributed by atoms with Crippen molar-refractivity contribution in [3.05, 3.63) is 102 Å². The normalized spacial score (nSPS) is 11.0. The predicted molar refractivity (Wildman–Crippen MR) is 120 cm³/mol. The lowest BCUT2D eigenvalue weighted by Crippen LogP contribution is -2.26. The first-order valence-corrected chi connectivity index (χ1v) is 10.4. The van der Waals surface area contributed by atoms with Crippen LogP contribution in [0.25, 0.3) is 16.9 Å². The van der Waals surface area contributed by atoms with Crippen LogP contribution in [0.4, 0.5) is 0 Å². The quantitative estimate of drug-likeness (QED) is 0.435. The summed E-state index contributed by atoms with van der Waals surface area (Å²) in [6, 6.07) is 19.5. The third-order valence-corrected chi connectivity index (χ3v) is 5.15. The maximum Gasteiger partial charge on any atom is 0.255 e. The van der Waals surface area contributed by atoms with Gasteiger partial charge in [0.1, 0.15) is 11.5 Å². The monoisotopic (exact) mass is 423 g/mol. The van der Waals surface area contributed by atoms with Crippen molar-refractivity contribution < 1.29 is 4.79 Å². The second kappa shape index (κ2) is 8.81. The Bertz CT molecular complexity index is 1340. The highest BCUT2D eigenvalue weighted by molar-refractivity contribution is 5.99. The highest BCUT2D eigenvalue weighted by Crippen LogP contribution is 2.21. The van der Waals surface area contributed by atoms with Crippen LogP contribution in [0.15, 0.2) is 85.5 Å². The van der Waals surface area contributed by atoms with E-state index in [-0.39, 0.29) is 5.91 Å². The Kier molecular flexibility index (Phi) is 5.40. The minimum absolute atomic E-state index is 0.183. The van der Waals surface area contributed by atoms with Gasteiger partial charge in [0.25, 0.3) is 5.91 Å². The summed E-state index contributed by atoms with van der Waals surface area (Å²) in [6.45, 7) is 1.01. The fraction of sp³-hybridized carbons (Fsp3) is 0.125. The number of carbonyl (C=O) groups is 1. The molecular formula is C24H21N7O. The number of nitrogens with zero attached hydrogens (tertiary/aromatic N) is 6. The van der Waals surface area contributed by atoms with Crippen LogP contribution in [-0.4, -0.2) is 41.8 Å². The van der Waals surface area contributed by atoms with Crippen molar-refractivity contribution in [3.8, 4) is 11.3 Å². The Morgan fingerprint density at radius 3 is 2.69 bits per heavy atom. The molecule has 0 atom stereocenters. The van der Waals surface area contributed by atoms with Crippen LogP contribution in [0.3, 0.4) is 0 Å². The predicted octanol–water partition coefficient (Wildman–Crippen LogP) is 3.01. The second-order valence-electron chi connectivity index (χ2n) is 7.37. The lowest BCUT2D eigenvalue weighted by molar-refractivity contribution is 0.0954. The Morgan fingerprint density at radius 1 is 0.969 bits per heavy atom. The van der Waals surface area contributed by atoms with E-state index in [0.717, 1.165) is 22.6 Å². The fourth-order valence-corrected chi connectivity index (χ4v) is 3.60. The summed E-state index contributed by atoms with van der Waals surface area (Å²) < 4.78 is 3.71. The van der Waals surface area contributed by atoms with Crippen molar-refractivity contribution in [2.45, 2.75) is 13.0 Å². The minimum atomic E-state index is -0.183. The van der Waals surface area contributed by atoms with E-state index in [1.807, 2.05) is 71.3 Å². The third-order valence-electron chi connectivity index (χ3n) is 5.15.